The third-order valence-electron chi connectivity index (χ3n) is 4.07. The van der Waals surface area contributed by atoms with Gasteiger partial charge >= 0.3 is 6.18 Å². The number of hydrogen-bond acceptors (Lipinski definition) is 3. The lowest BCUT2D eigenvalue weighted by Gasteiger charge is -2.10. The molecule has 4 nitrogen and oxygen atoms in total. The molecule has 1 aromatic carbocycles. The normalized spacial score (nSPS) is 11.6. The molecule has 0 spiro atoms. The highest BCUT2D eigenvalue weighted by molar-refractivity contribution is 5.74. The zero-order valence-electron chi connectivity index (χ0n) is 14.0. The van der Waals surface area contributed by atoms with E-state index >= 15 is 0 Å². The van der Waals surface area contributed by atoms with E-state index in [1.165, 1.54) is 18.5 Å². The van der Waals surface area contributed by atoms with Crippen molar-refractivity contribution < 1.29 is 13.2 Å². The number of rotatable bonds is 3. The Morgan fingerprint density at radius 1 is 1.08 bits per heavy atom. The molecular formula is C18H17F3N4. The van der Waals surface area contributed by atoms with Crippen LogP contribution in [0.1, 0.15) is 11.1 Å². The van der Waals surface area contributed by atoms with Gasteiger partial charge < -0.3 is 9.88 Å². The Labute approximate surface area is 143 Å². The van der Waals surface area contributed by atoms with Crippen LogP contribution in [0.25, 0.3) is 22.5 Å². The summed E-state index contributed by atoms with van der Waals surface area (Å²) in [6.07, 6.45) is -1.11. The smallest absolute Gasteiger partial charge is 0.373 e. The van der Waals surface area contributed by atoms with E-state index in [0.29, 0.717) is 22.6 Å². The van der Waals surface area contributed by atoms with Gasteiger partial charge in [0.25, 0.3) is 0 Å². The lowest BCUT2D eigenvalue weighted by Crippen LogP contribution is -2.05. The van der Waals surface area contributed by atoms with Gasteiger partial charge in [0.1, 0.15) is 12.1 Å². The highest BCUT2D eigenvalue weighted by atomic mass is 19.4. The maximum absolute atomic E-state index is 13.0. The second-order valence-corrected chi connectivity index (χ2v) is 5.79. The van der Waals surface area contributed by atoms with Crippen LogP contribution in [0.4, 0.5) is 19.0 Å². The summed E-state index contributed by atoms with van der Waals surface area (Å²) >= 11 is 0. The Morgan fingerprint density at radius 3 is 2.52 bits per heavy atom. The van der Waals surface area contributed by atoms with Gasteiger partial charge in [-0.25, -0.2) is 9.97 Å². The molecule has 3 rings (SSSR count). The molecule has 0 unspecified atom stereocenters. The Bertz CT molecular complexity index is 913. The Balaban J connectivity index is 2.09. The van der Waals surface area contributed by atoms with Crippen molar-refractivity contribution in [3.05, 3.63) is 54.0 Å². The first-order valence-corrected chi connectivity index (χ1v) is 7.64. The Morgan fingerprint density at radius 2 is 1.84 bits per heavy atom. The summed E-state index contributed by atoms with van der Waals surface area (Å²) in [6, 6.07) is 7.41. The lowest BCUT2D eigenvalue weighted by molar-refractivity contribution is -0.137. The van der Waals surface area contributed by atoms with Crippen molar-refractivity contribution in [1.82, 2.24) is 14.5 Å². The first-order valence-electron chi connectivity index (χ1n) is 7.64. The molecule has 0 aliphatic carbocycles. The second kappa shape index (κ2) is 6.23. The molecule has 130 valence electrons. The van der Waals surface area contributed by atoms with E-state index in [-0.39, 0.29) is 0 Å². The molecular weight excluding hydrogens is 329 g/mol. The van der Waals surface area contributed by atoms with Crippen molar-refractivity contribution in [2.45, 2.75) is 13.1 Å². The minimum absolute atomic E-state index is 0.555. The van der Waals surface area contributed by atoms with Gasteiger partial charge in [0.2, 0.25) is 0 Å². The topological polar surface area (TPSA) is 42.7 Å². The fourth-order valence-corrected chi connectivity index (χ4v) is 2.71. The van der Waals surface area contributed by atoms with Gasteiger partial charge in [0, 0.05) is 31.9 Å². The molecule has 0 aliphatic rings. The summed E-state index contributed by atoms with van der Waals surface area (Å²) in [5, 5.41) is 2.94. The zero-order valence-corrected chi connectivity index (χ0v) is 14.0. The van der Waals surface area contributed by atoms with Gasteiger partial charge in [-0.2, -0.15) is 13.2 Å². The molecule has 0 bridgehead atoms. The molecule has 25 heavy (non-hydrogen) atoms. The largest absolute Gasteiger partial charge is 0.416 e. The van der Waals surface area contributed by atoms with Crippen LogP contribution in [0, 0.1) is 6.92 Å². The standard InChI is InChI=1S/C18H17F3N4/c1-11-4-5-13(18(19,20)21)7-14(11)12-6-16(25(3)9-12)15-8-17(22-2)24-10-23-15/h4-10H,1-3H3,(H,22,23,24). The Hall–Kier alpha value is -2.83. The monoisotopic (exact) mass is 346 g/mol. The summed E-state index contributed by atoms with van der Waals surface area (Å²) in [7, 11) is 3.59. The lowest BCUT2D eigenvalue weighted by atomic mass is 9.99. The number of hydrogen-bond donors (Lipinski definition) is 1. The SMILES string of the molecule is CNc1cc(-c2cc(-c3cc(C(F)(F)F)ccc3C)cn2C)ncn1. The molecule has 0 saturated heterocycles. The summed E-state index contributed by atoms with van der Waals surface area (Å²) in [6.45, 7) is 1.80. The molecule has 0 saturated carbocycles. The number of nitrogens with zero attached hydrogens (tertiary/aromatic N) is 3. The molecule has 3 aromatic rings. The van der Waals surface area contributed by atoms with Gasteiger partial charge in [-0.1, -0.05) is 6.07 Å². The number of nitrogens with one attached hydrogen (secondary N) is 1. The van der Waals surface area contributed by atoms with E-state index in [0.717, 1.165) is 17.3 Å². The third-order valence-corrected chi connectivity index (χ3v) is 4.07. The summed E-state index contributed by atoms with van der Waals surface area (Å²) in [5.41, 5.74) is 2.88. The maximum atomic E-state index is 13.0. The van der Waals surface area contributed by atoms with Crippen LogP contribution in [0.15, 0.2) is 42.9 Å². The number of benzene rings is 1. The number of aryl methyl sites for hydroxylation is 2. The van der Waals surface area contributed by atoms with Crippen molar-refractivity contribution in [3.63, 3.8) is 0 Å². The molecule has 2 aromatic heterocycles. The molecule has 0 fully saturated rings. The van der Waals surface area contributed by atoms with Crippen molar-refractivity contribution >= 4 is 5.82 Å². The molecule has 7 heteroatoms. The van der Waals surface area contributed by atoms with E-state index in [1.54, 1.807) is 26.2 Å². The zero-order chi connectivity index (χ0) is 18.2. The Kier molecular flexibility index (Phi) is 4.24. The first kappa shape index (κ1) is 17.0. The number of halogens is 3. The molecule has 0 atom stereocenters. The number of alkyl halides is 3. The fraction of sp³-hybridized carbons (Fsp3) is 0.222. The van der Waals surface area contributed by atoms with Crippen LogP contribution in [0.3, 0.4) is 0 Å². The molecule has 0 amide bonds. The second-order valence-electron chi connectivity index (χ2n) is 5.79. The number of aromatic nitrogens is 3. The van der Waals surface area contributed by atoms with Crippen LogP contribution >= 0.6 is 0 Å². The molecule has 1 N–H and O–H groups in total. The van der Waals surface area contributed by atoms with Crippen molar-refractivity contribution in [3.8, 4) is 22.5 Å². The minimum Gasteiger partial charge on any atom is -0.373 e. The molecule has 0 aliphatic heterocycles. The van der Waals surface area contributed by atoms with Gasteiger partial charge in [0.15, 0.2) is 0 Å². The van der Waals surface area contributed by atoms with Crippen LogP contribution in [0.5, 0.6) is 0 Å². The van der Waals surface area contributed by atoms with Crippen molar-refractivity contribution in [2.75, 3.05) is 12.4 Å². The fourth-order valence-electron chi connectivity index (χ4n) is 2.71. The van der Waals surface area contributed by atoms with Gasteiger partial charge in [-0.3, -0.25) is 0 Å². The van der Waals surface area contributed by atoms with Gasteiger partial charge in [-0.15, -0.1) is 0 Å². The van der Waals surface area contributed by atoms with E-state index in [2.05, 4.69) is 15.3 Å². The first-order chi connectivity index (χ1) is 11.8. The van der Waals surface area contributed by atoms with Crippen LogP contribution in [-0.4, -0.2) is 21.6 Å². The predicted octanol–water partition coefficient (Wildman–Crippen LogP) is 4.52. The summed E-state index contributed by atoms with van der Waals surface area (Å²) < 4.78 is 40.9. The average Bonchev–Trinajstić information content (AvgIpc) is 2.96. The summed E-state index contributed by atoms with van der Waals surface area (Å²) in [4.78, 5) is 8.33. The maximum Gasteiger partial charge on any atom is 0.416 e. The van der Waals surface area contributed by atoms with Gasteiger partial charge in [0.05, 0.1) is 17.0 Å². The minimum atomic E-state index is -4.37. The van der Waals surface area contributed by atoms with Crippen LogP contribution < -0.4 is 5.32 Å². The van der Waals surface area contributed by atoms with Crippen molar-refractivity contribution in [1.29, 1.82) is 0 Å². The van der Waals surface area contributed by atoms with Crippen LogP contribution in [0.2, 0.25) is 0 Å². The van der Waals surface area contributed by atoms with E-state index < -0.39 is 11.7 Å². The van der Waals surface area contributed by atoms with E-state index in [4.69, 9.17) is 0 Å². The highest BCUT2D eigenvalue weighted by Crippen LogP contribution is 2.35. The predicted molar refractivity (Wildman–Crippen MR) is 91.2 cm³/mol. The van der Waals surface area contributed by atoms with E-state index in [9.17, 15) is 13.2 Å². The van der Waals surface area contributed by atoms with E-state index in [1.807, 2.05) is 17.7 Å². The van der Waals surface area contributed by atoms with Crippen LogP contribution in [-0.2, 0) is 13.2 Å². The summed E-state index contributed by atoms with van der Waals surface area (Å²) in [5.74, 6) is 0.669. The quantitative estimate of drug-likeness (QED) is 0.758. The molecule has 0 radical (unpaired) electrons. The average molecular weight is 346 g/mol. The number of anilines is 1. The van der Waals surface area contributed by atoms with Crippen molar-refractivity contribution in [2.24, 2.45) is 7.05 Å². The van der Waals surface area contributed by atoms with Gasteiger partial charge in [-0.05, 0) is 36.2 Å². The molecule has 2 heterocycles. The highest BCUT2D eigenvalue weighted by Gasteiger charge is 2.31. The third kappa shape index (κ3) is 3.35.